The number of aromatic nitrogens is 4. The fraction of sp³-hybridized carbons (Fsp3) is 0.182. The van der Waals surface area contributed by atoms with Crippen LogP contribution >= 0.6 is 0 Å². The predicted octanol–water partition coefficient (Wildman–Crippen LogP) is 6.67. The van der Waals surface area contributed by atoms with Crippen LogP contribution in [0.5, 0.6) is 0 Å². The summed E-state index contributed by atoms with van der Waals surface area (Å²) in [7, 11) is 0. The monoisotopic (exact) mass is 498 g/mol. The molecule has 0 amide bonds. The van der Waals surface area contributed by atoms with Gasteiger partial charge in [0, 0.05) is 6.42 Å². The summed E-state index contributed by atoms with van der Waals surface area (Å²) in [6.07, 6.45) is 3.20. The first kappa shape index (κ1) is 23.9. The fourth-order valence-corrected chi connectivity index (χ4v) is 6.07. The SMILES string of the molecule is CC1C=C(O)CCC1(c1ccccc1)c1nnn(C(c2ccccc2)(c2ccccc2)c2ccccc2)n1. The summed E-state index contributed by atoms with van der Waals surface area (Å²) >= 11 is 0. The van der Waals surface area contributed by atoms with E-state index in [1.165, 1.54) is 0 Å². The molecule has 0 bridgehead atoms. The van der Waals surface area contributed by atoms with Gasteiger partial charge in [0.25, 0.3) is 0 Å². The van der Waals surface area contributed by atoms with Gasteiger partial charge in [-0.25, -0.2) is 0 Å². The Balaban J connectivity index is 1.63. The van der Waals surface area contributed by atoms with Gasteiger partial charge in [-0.05, 0) is 45.9 Å². The van der Waals surface area contributed by atoms with Gasteiger partial charge < -0.3 is 5.11 Å². The quantitative estimate of drug-likeness (QED) is 0.266. The molecule has 6 rings (SSSR count). The van der Waals surface area contributed by atoms with Crippen molar-refractivity contribution in [3.05, 3.63) is 161 Å². The zero-order valence-electron chi connectivity index (χ0n) is 21.4. The normalized spacial score (nSPS) is 19.6. The van der Waals surface area contributed by atoms with Crippen molar-refractivity contribution < 1.29 is 5.11 Å². The van der Waals surface area contributed by atoms with Gasteiger partial charge in [-0.2, -0.15) is 0 Å². The Hall–Kier alpha value is -4.51. The van der Waals surface area contributed by atoms with Crippen LogP contribution in [0.15, 0.2) is 133 Å². The minimum atomic E-state index is -0.831. The number of benzene rings is 4. The lowest BCUT2D eigenvalue weighted by Gasteiger charge is -2.39. The Morgan fingerprint density at radius 3 is 1.68 bits per heavy atom. The smallest absolute Gasteiger partial charge is 0.185 e. The lowest BCUT2D eigenvalue weighted by molar-refractivity contribution is 0.275. The van der Waals surface area contributed by atoms with Crippen molar-refractivity contribution in [3.8, 4) is 0 Å². The number of nitrogens with zero attached hydrogens (tertiary/aromatic N) is 4. The average molecular weight is 499 g/mol. The van der Waals surface area contributed by atoms with E-state index in [-0.39, 0.29) is 5.92 Å². The van der Waals surface area contributed by atoms with E-state index < -0.39 is 11.0 Å². The third-order valence-electron chi connectivity index (χ3n) is 7.97. The molecule has 4 aromatic carbocycles. The fourth-order valence-electron chi connectivity index (χ4n) is 6.07. The molecule has 0 fully saturated rings. The summed E-state index contributed by atoms with van der Waals surface area (Å²) in [5.41, 5.74) is 2.92. The molecule has 1 N–H and O–H groups in total. The third-order valence-corrected chi connectivity index (χ3v) is 7.97. The molecule has 1 aliphatic rings. The van der Waals surface area contributed by atoms with Crippen molar-refractivity contribution in [2.45, 2.75) is 30.7 Å². The molecule has 5 nitrogen and oxygen atoms in total. The Morgan fingerprint density at radius 2 is 1.21 bits per heavy atom. The molecule has 1 aromatic heterocycles. The van der Waals surface area contributed by atoms with E-state index >= 15 is 0 Å². The third kappa shape index (κ3) is 3.74. The molecule has 0 saturated carbocycles. The highest BCUT2D eigenvalue weighted by Crippen LogP contribution is 2.47. The molecule has 0 aliphatic heterocycles. The van der Waals surface area contributed by atoms with E-state index in [2.05, 4.69) is 104 Å². The Labute approximate surface area is 223 Å². The molecule has 5 aromatic rings. The van der Waals surface area contributed by atoms with Crippen LogP contribution in [-0.4, -0.2) is 25.3 Å². The van der Waals surface area contributed by atoms with Gasteiger partial charge in [-0.15, -0.1) is 15.0 Å². The molecule has 0 spiro atoms. The van der Waals surface area contributed by atoms with Crippen LogP contribution in [0.1, 0.15) is 47.8 Å². The van der Waals surface area contributed by atoms with E-state index in [0.29, 0.717) is 24.4 Å². The van der Waals surface area contributed by atoms with Crippen LogP contribution < -0.4 is 0 Å². The number of tetrazole rings is 1. The number of aliphatic hydroxyl groups is 1. The van der Waals surface area contributed by atoms with E-state index in [1.807, 2.05) is 30.3 Å². The molecule has 5 heteroatoms. The van der Waals surface area contributed by atoms with E-state index in [0.717, 1.165) is 22.3 Å². The molecular weight excluding hydrogens is 468 g/mol. The van der Waals surface area contributed by atoms with Gasteiger partial charge in [0.1, 0.15) is 0 Å². The molecule has 0 radical (unpaired) electrons. The minimum Gasteiger partial charge on any atom is -0.513 e. The largest absolute Gasteiger partial charge is 0.513 e. The highest BCUT2D eigenvalue weighted by molar-refractivity contribution is 5.50. The van der Waals surface area contributed by atoms with Gasteiger partial charge >= 0.3 is 0 Å². The minimum absolute atomic E-state index is 0.0177. The number of allylic oxidation sites excluding steroid dienone is 2. The molecule has 0 saturated heterocycles. The zero-order chi connectivity index (χ0) is 26.0. The molecule has 2 unspecified atom stereocenters. The molecule has 1 heterocycles. The highest BCUT2D eigenvalue weighted by Gasteiger charge is 2.47. The standard InChI is InChI=1S/C33H30N4O/c1-25-24-30(38)22-23-32(25,26-14-6-2-7-15-26)31-34-36-37(35-31)33(27-16-8-3-9-17-27,28-18-10-4-11-19-28)29-20-12-5-13-21-29/h2-21,24-25,38H,22-23H2,1H3. The van der Waals surface area contributed by atoms with Gasteiger partial charge in [-0.1, -0.05) is 128 Å². The number of aliphatic hydroxyl groups excluding tert-OH is 1. The number of hydrogen-bond donors (Lipinski definition) is 1. The van der Waals surface area contributed by atoms with Crippen LogP contribution in [0.2, 0.25) is 0 Å². The first-order valence-electron chi connectivity index (χ1n) is 13.1. The van der Waals surface area contributed by atoms with Crippen molar-refractivity contribution in [2.75, 3.05) is 0 Å². The summed E-state index contributed by atoms with van der Waals surface area (Å²) in [5.74, 6) is 1.06. The van der Waals surface area contributed by atoms with Crippen molar-refractivity contribution in [3.63, 3.8) is 0 Å². The molecule has 1 aliphatic carbocycles. The maximum Gasteiger partial charge on any atom is 0.185 e. The van der Waals surface area contributed by atoms with Crippen LogP contribution in [0, 0.1) is 5.92 Å². The molecule has 38 heavy (non-hydrogen) atoms. The first-order chi connectivity index (χ1) is 18.7. The summed E-state index contributed by atoms with van der Waals surface area (Å²) in [6, 6.07) is 41.5. The second-order valence-electron chi connectivity index (χ2n) is 10.00. The number of rotatable bonds is 6. The van der Waals surface area contributed by atoms with Crippen LogP contribution in [0.4, 0.5) is 0 Å². The summed E-state index contributed by atoms with van der Waals surface area (Å²) in [6.45, 7) is 2.13. The van der Waals surface area contributed by atoms with Gasteiger partial charge in [-0.3, -0.25) is 0 Å². The van der Waals surface area contributed by atoms with Crippen molar-refractivity contribution in [1.29, 1.82) is 0 Å². The van der Waals surface area contributed by atoms with E-state index in [9.17, 15) is 5.11 Å². The second kappa shape index (κ2) is 9.75. The lowest BCUT2D eigenvalue weighted by Crippen LogP contribution is -2.41. The Morgan fingerprint density at radius 1 is 0.737 bits per heavy atom. The maximum atomic E-state index is 10.4. The van der Waals surface area contributed by atoms with Crippen molar-refractivity contribution in [2.24, 2.45) is 5.92 Å². The molecule has 2 atom stereocenters. The Kier molecular flexibility index (Phi) is 6.12. The maximum absolute atomic E-state index is 10.4. The van der Waals surface area contributed by atoms with Crippen molar-refractivity contribution in [1.82, 2.24) is 20.2 Å². The summed E-state index contributed by atoms with van der Waals surface area (Å²) < 4.78 is 0. The van der Waals surface area contributed by atoms with E-state index in [1.54, 1.807) is 4.80 Å². The first-order valence-corrected chi connectivity index (χ1v) is 13.1. The van der Waals surface area contributed by atoms with Crippen LogP contribution in [0.3, 0.4) is 0 Å². The van der Waals surface area contributed by atoms with Gasteiger partial charge in [0.05, 0.1) is 11.2 Å². The van der Waals surface area contributed by atoms with Crippen LogP contribution in [-0.2, 0) is 11.0 Å². The predicted molar refractivity (Wildman–Crippen MR) is 149 cm³/mol. The summed E-state index contributed by atoms with van der Waals surface area (Å²) in [5, 5.41) is 25.2. The van der Waals surface area contributed by atoms with Gasteiger partial charge in [0.2, 0.25) is 0 Å². The highest BCUT2D eigenvalue weighted by atomic mass is 16.3. The summed E-state index contributed by atoms with van der Waals surface area (Å²) in [4.78, 5) is 1.79. The second-order valence-corrected chi connectivity index (χ2v) is 10.00. The number of hydrogen-bond acceptors (Lipinski definition) is 4. The Bertz CT molecular complexity index is 1430. The van der Waals surface area contributed by atoms with E-state index in [4.69, 9.17) is 15.4 Å². The van der Waals surface area contributed by atoms with Gasteiger partial charge in [0.15, 0.2) is 11.4 Å². The zero-order valence-corrected chi connectivity index (χ0v) is 21.4. The van der Waals surface area contributed by atoms with Crippen molar-refractivity contribution >= 4 is 0 Å². The van der Waals surface area contributed by atoms with Crippen LogP contribution in [0.25, 0.3) is 0 Å². The lowest BCUT2D eigenvalue weighted by atomic mass is 9.65. The molecule has 188 valence electrons. The topological polar surface area (TPSA) is 63.8 Å². The average Bonchev–Trinajstić information content (AvgIpc) is 3.47. The molecular formula is C33H30N4O.